The molecule has 0 aliphatic carbocycles. The highest BCUT2D eigenvalue weighted by molar-refractivity contribution is 5.86. The molecule has 2 heterocycles. The molecule has 0 saturated heterocycles. The Bertz CT molecular complexity index is 586. The van der Waals surface area contributed by atoms with Crippen LogP contribution in [0.1, 0.15) is 16.2 Å². The van der Waals surface area contributed by atoms with E-state index in [4.69, 9.17) is 10.8 Å². The number of nitrogens with zero attached hydrogens (tertiary/aromatic N) is 3. The SMILES string of the molecule is CN(Cc1ccccn1)c1nc(C(=O)O)ccc1N. The second-order valence-corrected chi connectivity index (χ2v) is 4.09. The quantitative estimate of drug-likeness (QED) is 0.861. The summed E-state index contributed by atoms with van der Waals surface area (Å²) in [6, 6.07) is 8.53. The van der Waals surface area contributed by atoms with E-state index >= 15 is 0 Å². The predicted octanol–water partition coefficient (Wildman–Crippen LogP) is 1.39. The number of pyridine rings is 2. The predicted molar refractivity (Wildman–Crippen MR) is 72.0 cm³/mol. The lowest BCUT2D eigenvalue weighted by molar-refractivity contribution is 0.0690. The number of hydrogen-bond acceptors (Lipinski definition) is 5. The zero-order valence-corrected chi connectivity index (χ0v) is 10.4. The summed E-state index contributed by atoms with van der Waals surface area (Å²) < 4.78 is 0. The maximum absolute atomic E-state index is 10.9. The highest BCUT2D eigenvalue weighted by atomic mass is 16.4. The molecule has 0 aromatic carbocycles. The average Bonchev–Trinajstić information content (AvgIpc) is 2.40. The second-order valence-electron chi connectivity index (χ2n) is 4.09. The van der Waals surface area contributed by atoms with Crippen molar-refractivity contribution in [1.29, 1.82) is 0 Å². The van der Waals surface area contributed by atoms with Gasteiger partial charge < -0.3 is 15.7 Å². The van der Waals surface area contributed by atoms with Gasteiger partial charge in [0, 0.05) is 13.2 Å². The number of carbonyl (C=O) groups is 1. The van der Waals surface area contributed by atoms with Gasteiger partial charge in [-0.15, -0.1) is 0 Å². The van der Waals surface area contributed by atoms with Crippen LogP contribution in [0.25, 0.3) is 0 Å². The van der Waals surface area contributed by atoms with Crippen LogP contribution >= 0.6 is 0 Å². The minimum Gasteiger partial charge on any atom is -0.477 e. The van der Waals surface area contributed by atoms with Gasteiger partial charge in [-0.3, -0.25) is 4.98 Å². The van der Waals surface area contributed by atoms with Gasteiger partial charge in [-0.1, -0.05) is 6.07 Å². The standard InChI is InChI=1S/C13H14N4O2/c1-17(8-9-4-2-3-7-15-9)12-10(14)5-6-11(16-12)13(18)19/h2-7H,8,14H2,1H3,(H,18,19). The fourth-order valence-electron chi connectivity index (χ4n) is 1.69. The minimum absolute atomic E-state index is 0.0305. The molecule has 19 heavy (non-hydrogen) atoms. The van der Waals surface area contributed by atoms with Gasteiger partial charge in [0.25, 0.3) is 0 Å². The molecule has 0 spiro atoms. The van der Waals surface area contributed by atoms with Gasteiger partial charge in [0.15, 0.2) is 11.5 Å². The van der Waals surface area contributed by atoms with E-state index in [9.17, 15) is 4.79 Å². The number of nitrogen functional groups attached to an aromatic ring is 1. The molecule has 0 fully saturated rings. The van der Waals surface area contributed by atoms with Crippen LogP contribution in [0.3, 0.4) is 0 Å². The van der Waals surface area contributed by atoms with Gasteiger partial charge in [-0.25, -0.2) is 9.78 Å². The molecule has 0 unspecified atom stereocenters. The van der Waals surface area contributed by atoms with Crippen LogP contribution in [-0.4, -0.2) is 28.1 Å². The summed E-state index contributed by atoms with van der Waals surface area (Å²) in [6.45, 7) is 0.501. The van der Waals surface area contributed by atoms with Crippen LogP contribution in [0, 0.1) is 0 Å². The fourth-order valence-corrected chi connectivity index (χ4v) is 1.69. The van der Waals surface area contributed by atoms with Crippen molar-refractivity contribution in [3.63, 3.8) is 0 Å². The van der Waals surface area contributed by atoms with Crippen LogP contribution in [0.15, 0.2) is 36.5 Å². The summed E-state index contributed by atoms with van der Waals surface area (Å²) in [4.78, 5) is 20.9. The zero-order valence-electron chi connectivity index (χ0n) is 10.4. The molecule has 0 bridgehead atoms. The van der Waals surface area contributed by atoms with Crippen molar-refractivity contribution in [2.45, 2.75) is 6.54 Å². The van der Waals surface area contributed by atoms with Gasteiger partial charge >= 0.3 is 5.97 Å². The van der Waals surface area contributed by atoms with Crippen molar-refractivity contribution < 1.29 is 9.90 Å². The largest absolute Gasteiger partial charge is 0.477 e. The lowest BCUT2D eigenvalue weighted by atomic mass is 10.3. The molecule has 2 aromatic heterocycles. The normalized spacial score (nSPS) is 10.2. The number of hydrogen-bond donors (Lipinski definition) is 2. The van der Waals surface area contributed by atoms with E-state index in [1.54, 1.807) is 24.2 Å². The summed E-state index contributed by atoms with van der Waals surface area (Å²) in [5.74, 6) is -0.641. The monoisotopic (exact) mass is 258 g/mol. The van der Waals surface area contributed by atoms with Gasteiger partial charge in [-0.2, -0.15) is 0 Å². The molecular weight excluding hydrogens is 244 g/mol. The molecule has 98 valence electrons. The minimum atomic E-state index is -1.08. The van der Waals surface area contributed by atoms with Crippen LogP contribution < -0.4 is 10.6 Å². The molecule has 0 saturated carbocycles. The number of anilines is 2. The third-order valence-electron chi connectivity index (χ3n) is 2.61. The first kappa shape index (κ1) is 12.8. The number of rotatable bonds is 4. The zero-order chi connectivity index (χ0) is 13.8. The van der Waals surface area contributed by atoms with Crippen LogP contribution in [-0.2, 0) is 6.54 Å². The van der Waals surface area contributed by atoms with Gasteiger partial charge in [0.05, 0.1) is 17.9 Å². The number of carboxylic acids is 1. The van der Waals surface area contributed by atoms with Gasteiger partial charge in [0.1, 0.15) is 0 Å². The van der Waals surface area contributed by atoms with Crippen molar-refractivity contribution in [2.75, 3.05) is 17.7 Å². The second kappa shape index (κ2) is 5.34. The smallest absolute Gasteiger partial charge is 0.354 e. The Hall–Kier alpha value is -2.63. The first-order chi connectivity index (χ1) is 9.08. The van der Waals surface area contributed by atoms with Crippen molar-refractivity contribution >= 4 is 17.5 Å². The van der Waals surface area contributed by atoms with Crippen molar-refractivity contribution in [2.24, 2.45) is 0 Å². The first-order valence-corrected chi connectivity index (χ1v) is 5.69. The van der Waals surface area contributed by atoms with E-state index in [2.05, 4.69) is 9.97 Å². The molecule has 2 rings (SSSR count). The molecule has 0 radical (unpaired) electrons. The highest BCUT2D eigenvalue weighted by Crippen LogP contribution is 2.21. The summed E-state index contributed by atoms with van der Waals surface area (Å²) in [5, 5.41) is 8.94. The maximum atomic E-state index is 10.9. The highest BCUT2D eigenvalue weighted by Gasteiger charge is 2.12. The molecule has 6 nitrogen and oxygen atoms in total. The van der Waals surface area contributed by atoms with E-state index in [1.807, 2.05) is 18.2 Å². The van der Waals surface area contributed by atoms with Crippen molar-refractivity contribution in [3.8, 4) is 0 Å². The molecular formula is C13H14N4O2. The maximum Gasteiger partial charge on any atom is 0.354 e. The Balaban J connectivity index is 2.25. The summed E-state index contributed by atoms with van der Waals surface area (Å²) in [6.07, 6.45) is 1.70. The van der Waals surface area contributed by atoms with Crippen molar-refractivity contribution in [1.82, 2.24) is 9.97 Å². The summed E-state index contributed by atoms with van der Waals surface area (Å²) in [7, 11) is 1.79. The van der Waals surface area contributed by atoms with Gasteiger partial charge in [-0.05, 0) is 24.3 Å². The summed E-state index contributed by atoms with van der Waals surface area (Å²) in [5.41, 5.74) is 7.08. The Labute approximate surface area is 110 Å². The van der Waals surface area contributed by atoms with E-state index < -0.39 is 5.97 Å². The van der Waals surface area contributed by atoms with E-state index in [-0.39, 0.29) is 5.69 Å². The summed E-state index contributed by atoms with van der Waals surface area (Å²) >= 11 is 0. The first-order valence-electron chi connectivity index (χ1n) is 5.69. The van der Waals surface area contributed by atoms with E-state index in [0.29, 0.717) is 18.1 Å². The van der Waals surface area contributed by atoms with Crippen LogP contribution in [0.5, 0.6) is 0 Å². The molecule has 2 aromatic rings. The number of aromatic nitrogens is 2. The number of nitrogens with two attached hydrogens (primary N) is 1. The topological polar surface area (TPSA) is 92.3 Å². The molecule has 0 atom stereocenters. The number of aromatic carboxylic acids is 1. The molecule has 0 amide bonds. The van der Waals surface area contributed by atoms with E-state index in [0.717, 1.165) is 5.69 Å². The molecule has 6 heteroatoms. The lowest BCUT2D eigenvalue weighted by Crippen LogP contribution is -2.21. The van der Waals surface area contributed by atoms with Crippen LogP contribution in [0.4, 0.5) is 11.5 Å². The third-order valence-corrected chi connectivity index (χ3v) is 2.61. The fraction of sp³-hybridized carbons (Fsp3) is 0.154. The third kappa shape index (κ3) is 2.98. The van der Waals surface area contributed by atoms with Gasteiger partial charge in [0.2, 0.25) is 0 Å². The lowest BCUT2D eigenvalue weighted by Gasteiger charge is -2.19. The Morgan fingerprint density at radius 2 is 2.16 bits per heavy atom. The van der Waals surface area contributed by atoms with E-state index in [1.165, 1.54) is 6.07 Å². The van der Waals surface area contributed by atoms with Crippen molar-refractivity contribution in [3.05, 3.63) is 47.9 Å². The molecule has 0 aliphatic rings. The Morgan fingerprint density at radius 1 is 1.37 bits per heavy atom. The molecule has 0 aliphatic heterocycles. The average molecular weight is 258 g/mol. The van der Waals surface area contributed by atoms with Crippen LogP contribution in [0.2, 0.25) is 0 Å². The Morgan fingerprint density at radius 3 is 2.79 bits per heavy atom. The number of carboxylic acid groups (broad SMARTS) is 1. The molecule has 3 N–H and O–H groups in total. The Kier molecular flexibility index (Phi) is 3.61.